The van der Waals surface area contributed by atoms with E-state index < -0.39 is 11.9 Å². The van der Waals surface area contributed by atoms with E-state index >= 15 is 0 Å². The summed E-state index contributed by atoms with van der Waals surface area (Å²) >= 11 is 0. The van der Waals surface area contributed by atoms with Gasteiger partial charge in [0.2, 0.25) is 0 Å². The first-order valence-electron chi connectivity index (χ1n) is 5.13. The third-order valence-corrected chi connectivity index (χ3v) is 2.19. The number of aromatic nitrogens is 2. The van der Waals surface area contributed by atoms with E-state index in [1.54, 1.807) is 6.92 Å². The molecule has 7 heteroatoms. The Balaban J connectivity index is 2.79. The van der Waals surface area contributed by atoms with Crippen molar-refractivity contribution in [2.24, 2.45) is 0 Å². The molecule has 3 N–H and O–H groups in total. The van der Waals surface area contributed by atoms with E-state index in [-0.39, 0.29) is 24.5 Å². The van der Waals surface area contributed by atoms with Crippen LogP contribution in [0.25, 0.3) is 0 Å². The Hall–Kier alpha value is -2.18. The highest BCUT2D eigenvalue weighted by Crippen LogP contribution is 2.07. The first kappa shape index (κ1) is 12.9. The number of hydrogen-bond acceptors (Lipinski definition) is 5. The first-order valence-corrected chi connectivity index (χ1v) is 5.13. The number of hydrogen-bond donors (Lipinski definition) is 2. The van der Waals surface area contributed by atoms with E-state index in [2.05, 4.69) is 9.97 Å². The van der Waals surface area contributed by atoms with Crippen molar-refractivity contribution < 1.29 is 14.7 Å². The van der Waals surface area contributed by atoms with Crippen molar-refractivity contribution in [1.82, 2.24) is 14.9 Å². The fourth-order valence-corrected chi connectivity index (χ4v) is 1.30. The quantitative estimate of drug-likeness (QED) is 0.747. The van der Waals surface area contributed by atoms with Gasteiger partial charge < -0.3 is 15.7 Å². The standard InChI is InChI=1S/C10H14N4O3/c1-2-14(6-3-7(15)16)10(17)8-9(11)13-5-4-12-8/h4-5H,2-3,6H2,1H3,(H2,11,13)(H,15,16). The maximum absolute atomic E-state index is 12.0. The zero-order chi connectivity index (χ0) is 12.8. The number of carbonyl (C=O) groups excluding carboxylic acids is 1. The Labute approximate surface area is 98.3 Å². The molecule has 1 heterocycles. The first-order chi connectivity index (χ1) is 8.06. The molecule has 0 saturated carbocycles. The van der Waals surface area contributed by atoms with Gasteiger partial charge in [-0.15, -0.1) is 0 Å². The van der Waals surface area contributed by atoms with Crippen molar-refractivity contribution in [2.75, 3.05) is 18.8 Å². The number of amides is 1. The van der Waals surface area contributed by atoms with Crippen LogP contribution in [0, 0.1) is 0 Å². The highest BCUT2D eigenvalue weighted by molar-refractivity contribution is 5.96. The highest BCUT2D eigenvalue weighted by Gasteiger charge is 2.19. The minimum Gasteiger partial charge on any atom is -0.481 e. The van der Waals surface area contributed by atoms with Crippen LogP contribution in [0.5, 0.6) is 0 Å². The monoisotopic (exact) mass is 238 g/mol. The fraction of sp³-hybridized carbons (Fsp3) is 0.400. The van der Waals surface area contributed by atoms with Crippen molar-refractivity contribution in [3.05, 3.63) is 18.1 Å². The molecule has 17 heavy (non-hydrogen) atoms. The summed E-state index contributed by atoms with van der Waals surface area (Å²) in [7, 11) is 0. The van der Waals surface area contributed by atoms with Crippen LogP contribution < -0.4 is 5.73 Å². The Morgan fingerprint density at radius 3 is 2.59 bits per heavy atom. The Morgan fingerprint density at radius 1 is 1.41 bits per heavy atom. The Kier molecular flexibility index (Phi) is 4.38. The number of nitrogen functional groups attached to an aromatic ring is 1. The predicted molar refractivity (Wildman–Crippen MR) is 60.3 cm³/mol. The van der Waals surface area contributed by atoms with Gasteiger partial charge in [-0.1, -0.05) is 0 Å². The number of carbonyl (C=O) groups is 2. The molecule has 0 bridgehead atoms. The zero-order valence-corrected chi connectivity index (χ0v) is 9.46. The van der Waals surface area contributed by atoms with Crippen molar-refractivity contribution in [3.8, 4) is 0 Å². The molecule has 1 aromatic rings. The molecule has 0 unspecified atom stereocenters. The molecule has 1 aromatic heterocycles. The molecule has 0 aliphatic rings. The number of nitrogens with two attached hydrogens (primary N) is 1. The zero-order valence-electron chi connectivity index (χ0n) is 9.46. The van der Waals surface area contributed by atoms with Crippen LogP contribution in [0.3, 0.4) is 0 Å². The molecule has 0 radical (unpaired) electrons. The Bertz CT molecular complexity index is 422. The molecule has 7 nitrogen and oxygen atoms in total. The molecule has 0 saturated heterocycles. The van der Waals surface area contributed by atoms with Gasteiger partial charge in [0.1, 0.15) is 0 Å². The number of aliphatic carboxylic acids is 1. The largest absolute Gasteiger partial charge is 0.481 e. The summed E-state index contributed by atoms with van der Waals surface area (Å²) in [5, 5.41) is 8.57. The number of carboxylic acids is 1. The third-order valence-electron chi connectivity index (χ3n) is 2.19. The lowest BCUT2D eigenvalue weighted by Crippen LogP contribution is -2.34. The van der Waals surface area contributed by atoms with Crippen molar-refractivity contribution in [2.45, 2.75) is 13.3 Å². The number of rotatable bonds is 5. The van der Waals surface area contributed by atoms with E-state index in [1.807, 2.05) is 0 Å². The minimum absolute atomic E-state index is 0.0475. The van der Waals surface area contributed by atoms with Crippen LogP contribution in [0.15, 0.2) is 12.4 Å². The average molecular weight is 238 g/mol. The molecule has 0 aromatic carbocycles. The highest BCUT2D eigenvalue weighted by atomic mass is 16.4. The van der Waals surface area contributed by atoms with Gasteiger partial charge in [-0.05, 0) is 6.92 Å². The topological polar surface area (TPSA) is 109 Å². The molecule has 1 rings (SSSR count). The second-order valence-corrected chi connectivity index (χ2v) is 3.32. The smallest absolute Gasteiger partial charge is 0.305 e. The average Bonchev–Trinajstić information content (AvgIpc) is 2.29. The summed E-state index contributed by atoms with van der Waals surface area (Å²) in [4.78, 5) is 31.4. The van der Waals surface area contributed by atoms with Gasteiger partial charge in [-0.3, -0.25) is 9.59 Å². The Morgan fingerprint density at radius 2 is 2.06 bits per heavy atom. The minimum atomic E-state index is -0.955. The van der Waals surface area contributed by atoms with Crippen molar-refractivity contribution in [1.29, 1.82) is 0 Å². The normalized spacial score (nSPS) is 9.94. The maximum Gasteiger partial charge on any atom is 0.305 e. The third kappa shape index (κ3) is 3.40. The number of nitrogens with zero attached hydrogens (tertiary/aromatic N) is 3. The fourth-order valence-electron chi connectivity index (χ4n) is 1.30. The molecular weight excluding hydrogens is 224 g/mol. The molecule has 92 valence electrons. The van der Waals surface area contributed by atoms with E-state index in [4.69, 9.17) is 10.8 Å². The van der Waals surface area contributed by atoms with E-state index in [1.165, 1.54) is 17.3 Å². The van der Waals surface area contributed by atoms with Gasteiger partial charge in [0.05, 0.1) is 6.42 Å². The van der Waals surface area contributed by atoms with Gasteiger partial charge in [0.15, 0.2) is 11.5 Å². The van der Waals surface area contributed by atoms with E-state index in [0.717, 1.165) is 0 Å². The molecule has 0 aliphatic carbocycles. The van der Waals surface area contributed by atoms with Gasteiger partial charge in [-0.25, -0.2) is 9.97 Å². The second-order valence-electron chi connectivity index (χ2n) is 3.32. The summed E-state index contributed by atoms with van der Waals surface area (Å²) in [6.07, 6.45) is 2.65. The molecular formula is C10H14N4O3. The van der Waals surface area contributed by atoms with Crippen LogP contribution in [-0.2, 0) is 4.79 Å². The summed E-state index contributed by atoms with van der Waals surface area (Å²) < 4.78 is 0. The SMILES string of the molecule is CCN(CCC(=O)O)C(=O)c1nccnc1N. The number of carboxylic acid groups (broad SMARTS) is 1. The lowest BCUT2D eigenvalue weighted by Gasteiger charge is -2.19. The molecule has 0 fully saturated rings. The van der Waals surface area contributed by atoms with Crippen LogP contribution in [0.2, 0.25) is 0 Å². The van der Waals surface area contributed by atoms with Gasteiger partial charge in [0.25, 0.3) is 5.91 Å². The van der Waals surface area contributed by atoms with Crippen molar-refractivity contribution in [3.63, 3.8) is 0 Å². The predicted octanol–water partition coefficient (Wildman–Crippen LogP) is -0.00440. The number of anilines is 1. The van der Waals surface area contributed by atoms with Crippen LogP contribution in [0.4, 0.5) is 5.82 Å². The molecule has 0 atom stereocenters. The maximum atomic E-state index is 12.0. The lowest BCUT2D eigenvalue weighted by atomic mass is 10.3. The van der Waals surface area contributed by atoms with Gasteiger partial charge >= 0.3 is 5.97 Å². The lowest BCUT2D eigenvalue weighted by molar-refractivity contribution is -0.137. The van der Waals surface area contributed by atoms with Crippen LogP contribution >= 0.6 is 0 Å². The van der Waals surface area contributed by atoms with Crippen molar-refractivity contribution >= 4 is 17.7 Å². The second kappa shape index (κ2) is 5.78. The van der Waals surface area contributed by atoms with E-state index in [0.29, 0.717) is 6.54 Å². The van der Waals surface area contributed by atoms with Crippen LogP contribution in [-0.4, -0.2) is 44.9 Å². The van der Waals surface area contributed by atoms with Crippen LogP contribution in [0.1, 0.15) is 23.8 Å². The summed E-state index contributed by atoms with van der Waals surface area (Å²) in [5.41, 5.74) is 5.59. The molecule has 0 aliphatic heterocycles. The molecule has 0 spiro atoms. The van der Waals surface area contributed by atoms with Gasteiger partial charge in [0, 0.05) is 25.5 Å². The summed E-state index contributed by atoms with van der Waals surface area (Å²) in [5.74, 6) is -1.31. The molecule has 1 amide bonds. The van der Waals surface area contributed by atoms with E-state index in [9.17, 15) is 9.59 Å². The summed E-state index contributed by atoms with van der Waals surface area (Å²) in [6, 6.07) is 0. The van der Waals surface area contributed by atoms with Gasteiger partial charge in [-0.2, -0.15) is 0 Å². The summed E-state index contributed by atoms with van der Waals surface area (Å²) in [6.45, 7) is 2.27.